The van der Waals surface area contributed by atoms with Gasteiger partial charge < -0.3 is 10.6 Å². The number of nitrogens with zero attached hydrogens (tertiary/aromatic N) is 5. The largest absolute Gasteiger partial charge is 0.367 e. The van der Waals surface area contributed by atoms with Crippen LogP contribution in [-0.4, -0.2) is 49.2 Å². The topological polar surface area (TPSA) is 106 Å². The lowest BCUT2D eigenvalue weighted by Gasteiger charge is -2.41. The maximum Gasteiger partial charge on any atom is 0.153 e. The minimum Gasteiger partial charge on any atom is -0.367 e. The lowest BCUT2D eigenvalue weighted by Crippen LogP contribution is -2.51. The van der Waals surface area contributed by atoms with Crippen LogP contribution < -0.4 is 10.6 Å². The number of fused-ring (bicyclic) bond motifs is 3. The van der Waals surface area contributed by atoms with Crippen LogP contribution in [0.25, 0.3) is 10.9 Å². The highest BCUT2D eigenvalue weighted by Gasteiger charge is 2.43. The molecule has 8 heteroatoms. The molecule has 2 bridgehead atoms. The number of rotatable bonds is 6. The second-order valence-electron chi connectivity index (χ2n) is 8.69. The molecule has 4 atom stereocenters. The molecule has 3 aromatic heterocycles. The molecule has 5 heterocycles. The van der Waals surface area contributed by atoms with E-state index < -0.39 is 0 Å². The number of anilines is 3. The SMILES string of the molecule is CCC(C#N)N1[C@@H]2CC[C@H]1CC(Nc1nc(Nc3cc(C)[nH]n3)cc3ncccc13)C2. The van der Waals surface area contributed by atoms with Gasteiger partial charge in [0.15, 0.2) is 5.82 Å². The summed E-state index contributed by atoms with van der Waals surface area (Å²) in [5, 5.41) is 24.8. The number of H-pyrrole nitrogens is 1. The van der Waals surface area contributed by atoms with Crippen LogP contribution in [0, 0.1) is 18.3 Å². The third-order valence-electron chi connectivity index (χ3n) is 6.59. The van der Waals surface area contributed by atoms with Crippen molar-refractivity contribution in [3.63, 3.8) is 0 Å². The summed E-state index contributed by atoms with van der Waals surface area (Å²) in [6.45, 7) is 4.08. The monoisotopic (exact) mass is 416 g/mol. The van der Waals surface area contributed by atoms with Gasteiger partial charge in [0.1, 0.15) is 11.6 Å². The predicted octanol–water partition coefficient (Wildman–Crippen LogP) is 4.11. The molecule has 160 valence electrons. The quantitative estimate of drug-likeness (QED) is 0.555. The van der Waals surface area contributed by atoms with E-state index in [0.29, 0.717) is 18.1 Å². The number of aromatic amines is 1. The lowest BCUT2D eigenvalue weighted by atomic mass is 9.95. The van der Waals surface area contributed by atoms with Crippen LogP contribution >= 0.6 is 0 Å². The Morgan fingerprint density at radius 2 is 2.06 bits per heavy atom. The molecule has 2 saturated heterocycles. The van der Waals surface area contributed by atoms with E-state index in [1.807, 2.05) is 25.1 Å². The molecule has 0 spiro atoms. The van der Waals surface area contributed by atoms with E-state index >= 15 is 0 Å². The number of aromatic nitrogens is 4. The predicted molar refractivity (Wildman–Crippen MR) is 121 cm³/mol. The maximum atomic E-state index is 9.58. The molecule has 0 aromatic carbocycles. The molecule has 0 aliphatic carbocycles. The van der Waals surface area contributed by atoms with Gasteiger partial charge in [-0.1, -0.05) is 6.92 Å². The van der Waals surface area contributed by atoms with Gasteiger partial charge in [-0.3, -0.25) is 15.0 Å². The molecule has 3 aromatic rings. The molecular formula is C23H28N8. The highest BCUT2D eigenvalue weighted by atomic mass is 15.3. The summed E-state index contributed by atoms with van der Waals surface area (Å²) in [4.78, 5) is 11.9. The van der Waals surface area contributed by atoms with Gasteiger partial charge in [0.2, 0.25) is 0 Å². The summed E-state index contributed by atoms with van der Waals surface area (Å²) in [6, 6.07) is 11.7. The van der Waals surface area contributed by atoms with Crippen molar-refractivity contribution in [1.29, 1.82) is 5.26 Å². The number of aryl methyl sites for hydroxylation is 1. The zero-order valence-electron chi connectivity index (χ0n) is 18.0. The van der Waals surface area contributed by atoms with E-state index in [4.69, 9.17) is 4.98 Å². The van der Waals surface area contributed by atoms with Gasteiger partial charge in [0.25, 0.3) is 0 Å². The van der Waals surface area contributed by atoms with Crippen LogP contribution in [-0.2, 0) is 0 Å². The Bertz CT molecular complexity index is 1100. The van der Waals surface area contributed by atoms with Crippen molar-refractivity contribution in [3.8, 4) is 6.07 Å². The summed E-state index contributed by atoms with van der Waals surface area (Å²) >= 11 is 0. The molecule has 31 heavy (non-hydrogen) atoms. The zero-order chi connectivity index (χ0) is 21.4. The van der Waals surface area contributed by atoms with Gasteiger partial charge >= 0.3 is 0 Å². The van der Waals surface area contributed by atoms with Crippen LogP contribution in [0.3, 0.4) is 0 Å². The van der Waals surface area contributed by atoms with Gasteiger partial charge in [-0.2, -0.15) is 10.4 Å². The summed E-state index contributed by atoms with van der Waals surface area (Å²) in [6.07, 6.45) is 7.12. The Labute approximate surface area is 182 Å². The molecule has 3 N–H and O–H groups in total. The van der Waals surface area contributed by atoms with Crippen molar-refractivity contribution in [3.05, 3.63) is 36.2 Å². The van der Waals surface area contributed by atoms with E-state index in [-0.39, 0.29) is 6.04 Å². The molecule has 0 saturated carbocycles. The number of piperidine rings is 1. The third-order valence-corrected chi connectivity index (χ3v) is 6.59. The molecule has 2 unspecified atom stereocenters. The van der Waals surface area contributed by atoms with E-state index in [0.717, 1.165) is 53.3 Å². The number of hydrogen-bond acceptors (Lipinski definition) is 7. The molecule has 2 fully saturated rings. The number of nitriles is 1. The lowest BCUT2D eigenvalue weighted by molar-refractivity contribution is 0.103. The normalized spacial score (nSPS) is 24.1. The van der Waals surface area contributed by atoms with E-state index in [1.165, 1.54) is 12.8 Å². The van der Waals surface area contributed by atoms with Gasteiger partial charge in [0.05, 0.1) is 17.6 Å². The van der Waals surface area contributed by atoms with Crippen molar-refractivity contribution in [2.45, 2.75) is 70.1 Å². The number of hydrogen-bond donors (Lipinski definition) is 3. The zero-order valence-corrected chi connectivity index (χ0v) is 18.0. The van der Waals surface area contributed by atoms with Gasteiger partial charge in [0, 0.05) is 47.5 Å². The molecule has 5 rings (SSSR count). The summed E-state index contributed by atoms with van der Waals surface area (Å²) in [5.41, 5.74) is 1.88. The van der Waals surface area contributed by atoms with Crippen molar-refractivity contribution in [1.82, 2.24) is 25.1 Å². The number of pyridine rings is 2. The Balaban J connectivity index is 1.40. The van der Waals surface area contributed by atoms with Crippen LogP contribution in [0.4, 0.5) is 17.5 Å². The Morgan fingerprint density at radius 3 is 2.74 bits per heavy atom. The van der Waals surface area contributed by atoms with Crippen molar-refractivity contribution < 1.29 is 0 Å². The van der Waals surface area contributed by atoms with Crippen LogP contribution in [0.1, 0.15) is 44.7 Å². The Kier molecular flexibility index (Phi) is 5.20. The van der Waals surface area contributed by atoms with Gasteiger partial charge in [-0.15, -0.1) is 0 Å². The smallest absolute Gasteiger partial charge is 0.153 e. The average Bonchev–Trinajstić information content (AvgIpc) is 3.29. The van der Waals surface area contributed by atoms with E-state index in [1.54, 1.807) is 6.20 Å². The fraction of sp³-hybridized carbons (Fsp3) is 0.478. The second kappa shape index (κ2) is 8.16. The standard InChI is InChI=1S/C23H28N8/c1-3-16(13-24)31-17-6-7-18(31)11-15(10-17)26-23-19-5-4-8-25-20(19)12-21(28-23)27-22-9-14(2)29-30-22/h4-5,8-9,12,15-18H,3,6-7,10-11H2,1-2H3,(H3,26,27,28,29,30)/t15?,16?,17-,18+. The van der Waals surface area contributed by atoms with Crippen LogP contribution in [0.15, 0.2) is 30.5 Å². The first-order valence-corrected chi connectivity index (χ1v) is 11.1. The molecule has 2 aliphatic rings. The van der Waals surface area contributed by atoms with Crippen molar-refractivity contribution >= 4 is 28.4 Å². The van der Waals surface area contributed by atoms with E-state index in [9.17, 15) is 5.26 Å². The van der Waals surface area contributed by atoms with Crippen molar-refractivity contribution in [2.75, 3.05) is 10.6 Å². The van der Waals surface area contributed by atoms with Crippen molar-refractivity contribution in [2.24, 2.45) is 0 Å². The third kappa shape index (κ3) is 3.81. The maximum absolute atomic E-state index is 9.58. The van der Waals surface area contributed by atoms with E-state index in [2.05, 4.69) is 49.8 Å². The molecule has 0 amide bonds. The molecular weight excluding hydrogens is 388 g/mol. The van der Waals surface area contributed by atoms with Gasteiger partial charge in [-0.05, 0) is 51.2 Å². The van der Waals surface area contributed by atoms with Gasteiger partial charge in [-0.25, -0.2) is 4.98 Å². The first-order chi connectivity index (χ1) is 15.1. The molecule has 0 radical (unpaired) electrons. The number of nitrogens with one attached hydrogen (secondary N) is 3. The fourth-order valence-corrected chi connectivity index (χ4v) is 5.26. The minimum absolute atomic E-state index is 0.0337. The highest BCUT2D eigenvalue weighted by molar-refractivity contribution is 5.91. The Morgan fingerprint density at radius 1 is 1.26 bits per heavy atom. The first kappa shape index (κ1) is 19.8. The van der Waals surface area contributed by atoms with Crippen LogP contribution in [0.2, 0.25) is 0 Å². The minimum atomic E-state index is 0.0337. The molecule has 8 nitrogen and oxygen atoms in total. The second-order valence-corrected chi connectivity index (χ2v) is 8.69. The fourth-order valence-electron chi connectivity index (χ4n) is 5.26. The Hall–Kier alpha value is -3.18. The average molecular weight is 417 g/mol. The first-order valence-electron chi connectivity index (χ1n) is 11.1. The molecule has 2 aliphatic heterocycles. The summed E-state index contributed by atoms with van der Waals surface area (Å²) in [5.74, 6) is 2.31. The highest BCUT2D eigenvalue weighted by Crippen LogP contribution is 2.39. The summed E-state index contributed by atoms with van der Waals surface area (Å²) < 4.78 is 0. The summed E-state index contributed by atoms with van der Waals surface area (Å²) in [7, 11) is 0. The van der Waals surface area contributed by atoms with Crippen LogP contribution in [0.5, 0.6) is 0 Å².